The molecule has 1 nitrogen and oxygen atoms in total. The molecule has 0 aromatic carbocycles. The maximum atomic E-state index is 4.34. The minimum Gasteiger partial charge on any atom is -0.308 e. The van der Waals surface area contributed by atoms with Gasteiger partial charge in [-0.05, 0) is 43.4 Å². The van der Waals surface area contributed by atoms with E-state index in [9.17, 15) is 0 Å². The molecule has 0 amide bonds. The van der Waals surface area contributed by atoms with E-state index in [1.165, 1.54) is 96.3 Å². The SMILES string of the molecule is CCCCCCC1(CCCCCC)NC2CCCCC2C(CC)C1C. The lowest BCUT2D eigenvalue weighted by atomic mass is 9.59. The number of rotatable bonds is 11. The van der Waals surface area contributed by atoms with Gasteiger partial charge in [0, 0.05) is 11.6 Å². The van der Waals surface area contributed by atoms with Gasteiger partial charge in [0.1, 0.15) is 0 Å². The molecule has 2 fully saturated rings. The highest BCUT2D eigenvalue weighted by atomic mass is 15.1. The third kappa shape index (κ3) is 5.47. The van der Waals surface area contributed by atoms with E-state index in [-0.39, 0.29) is 0 Å². The first kappa shape index (κ1) is 21.3. The highest BCUT2D eigenvalue weighted by Crippen LogP contribution is 2.48. The zero-order valence-electron chi connectivity index (χ0n) is 17.9. The number of nitrogens with one attached hydrogen (secondary N) is 1. The fraction of sp³-hybridized carbons (Fsp3) is 1.00. The van der Waals surface area contributed by atoms with Gasteiger partial charge in [0.25, 0.3) is 0 Å². The van der Waals surface area contributed by atoms with Crippen LogP contribution in [0.15, 0.2) is 0 Å². The third-order valence-electron chi connectivity index (χ3n) is 7.78. The Labute approximate surface area is 159 Å². The van der Waals surface area contributed by atoms with E-state index in [2.05, 4.69) is 33.0 Å². The Morgan fingerprint density at radius 1 is 0.800 bits per heavy atom. The Morgan fingerprint density at radius 3 is 1.96 bits per heavy atom. The van der Waals surface area contributed by atoms with Crippen molar-refractivity contribution >= 4 is 0 Å². The van der Waals surface area contributed by atoms with Crippen molar-refractivity contribution in [1.82, 2.24) is 5.32 Å². The van der Waals surface area contributed by atoms with Crippen molar-refractivity contribution in [1.29, 1.82) is 0 Å². The molecule has 1 N–H and O–H groups in total. The van der Waals surface area contributed by atoms with Crippen LogP contribution in [0, 0.1) is 17.8 Å². The average molecular weight is 350 g/mol. The molecule has 2 rings (SSSR count). The minimum atomic E-state index is 0.445. The van der Waals surface area contributed by atoms with Crippen molar-refractivity contribution in [2.45, 2.75) is 136 Å². The molecular weight excluding hydrogens is 302 g/mol. The number of hydrogen-bond acceptors (Lipinski definition) is 1. The molecule has 0 bridgehead atoms. The van der Waals surface area contributed by atoms with Gasteiger partial charge >= 0.3 is 0 Å². The minimum absolute atomic E-state index is 0.445. The second-order valence-electron chi connectivity index (χ2n) is 9.34. The molecule has 1 aliphatic heterocycles. The first-order valence-electron chi connectivity index (χ1n) is 12.0. The number of fused-ring (bicyclic) bond motifs is 1. The first-order valence-corrected chi connectivity index (χ1v) is 12.0. The maximum Gasteiger partial charge on any atom is 0.0212 e. The van der Waals surface area contributed by atoms with Crippen LogP contribution in [0.1, 0.15) is 124 Å². The van der Waals surface area contributed by atoms with Crippen molar-refractivity contribution in [3.63, 3.8) is 0 Å². The summed E-state index contributed by atoms with van der Waals surface area (Å²) in [5, 5.41) is 4.34. The lowest BCUT2D eigenvalue weighted by molar-refractivity contribution is -0.0109. The predicted molar refractivity (Wildman–Crippen MR) is 112 cm³/mol. The quantitative estimate of drug-likeness (QED) is 0.381. The lowest BCUT2D eigenvalue weighted by Crippen LogP contribution is -2.65. The standard InChI is InChI=1S/C24H47N/c1-5-8-10-14-18-24(19-15-11-9-6-2)20(4)21(7-3)22-16-12-13-17-23(22)25-24/h20-23,25H,5-19H2,1-4H3. The number of hydrogen-bond donors (Lipinski definition) is 1. The summed E-state index contributed by atoms with van der Waals surface area (Å²) in [4.78, 5) is 0. The Bertz CT molecular complexity index is 338. The highest BCUT2D eigenvalue weighted by Gasteiger charge is 2.49. The Kier molecular flexibility index (Phi) is 9.31. The van der Waals surface area contributed by atoms with E-state index in [0.717, 1.165) is 23.8 Å². The fourth-order valence-corrected chi connectivity index (χ4v) is 6.25. The van der Waals surface area contributed by atoms with Crippen LogP contribution in [0.2, 0.25) is 0 Å². The van der Waals surface area contributed by atoms with E-state index < -0.39 is 0 Å². The van der Waals surface area contributed by atoms with Crippen LogP contribution < -0.4 is 5.32 Å². The zero-order chi connectivity index (χ0) is 18.1. The highest BCUT2D eigenvalue weighted by molar-refractivity contribution is 5.05. The molecule has 1 aliphatic carbocycles. The topological polar surface area (TPSA) is 12.0 Å². The second kappa shape index (κ2) is 11.0. The van der Waals surface area contributed by atoms with Crippen LogP contribution in [0.3, 0.4) is 0 Å². The molecule has 148 valence electrons. The maximum absolute atomic E-state index is 4.34. The van der Waals surface area contributed by atoms with Crippen molar-refractivity contribution in [2.75, 3.05) is 0 Å². The Balaban J connectivity index is 2.09. The smallest absolute Gasteiger partial charge is 0.0212 e. The molecule has 2 aliphatic rings. The Morgan fingerprint density at radius 2 is 1.40 bits per heavy atom. The number of piperidine rings is 1. The molecule has 0 aromatic rings. The molecular formula is C24H47N. The van der Waals surface area contributed by atoms with E-state index >= 15 is 0 Å². The largest absolute Gasteiger partial charge is 0.308 e. The fourth-order valence-electron chi connectivity index (χ4n) is 6.25. The number of unbranched alkanes of at least 4 members (excludes halogenated alkanes) is 6. The molecule has 1 heterocycles. The molecule has 25 heavy (non-hydrogen) atoms. The van der Waals surface area contributed by atoms with Gasteiger partial charge in [-0.25, -0.2) is 0 Å². The van der Waals surface area contributed by atoms with Crippen LogP contribution in [0.25, 0.3) is 0 Å². The zero-order valence-corrected chi connectivity index (χ0v) is 17.9. The first-order chi connectivity index (χ1) is 12.2. The van der Waals surface area contributed by atoms with Gasteiger partial charge in [-0.3, -0.25) is 0 Å². The summed E-state index contributed by atoms with van der Waals surface area (Å²) in [5.41, 5.74) is 0.445. The van der Waals surface area contributed by atoms with E-state index in [0.29, 0.717) is 5.54 Å². The van der Waals surface area contributed by atoms with Gasteiger partial charge in [0.2, 0.25) is 0 Å². The summed E-state index contributed by atoms with van der Waals surface area (Å²) >= 11 is 0. The molecule has 1 heteroatoms. The molecule has 1 saturated heterocycles. The average Bonchev–Trinajstić information content (AvgIpc) is 2.63. The van der Waals surface area contributed by atoms with Gasteiger partial charge in [-0.15, -0.1) is 0 Å². The molecule has 4 unspecified atom stereocenters. The van der Waals surface area contributed by atoms with E-state index in [4.69, 9.17) is 0 Å². The summed E-state index contributed by atoms with van der Waals surface area (Å²) in [6.07, 6.45) is 21.4. The molecule has 0 radical (unpaired) electrons. The van der Waals surface area contributed by atoms with Crippen LogP contribution in [0.4, 0.5) is 0 Å². The Hall–Kier alpha value is -0.0400. The third-order valence-corrected chi connectivity index (χ3v) is 7.78. The van der Waals surface area contributed by atoms with Gasteiger partial charge in [0.05, 0.1) is 0 Å². The summed E-state index contributed by atoms with van der Waals surface area (Å²) in [6, 6.07) is 0.826. The van der Waals surface area contributed by atoms with Crippen molar-refractivity contribution in [2.24, 2.45) is 17.8 Å². The van der Waals surface area contributed by atoms with Gasteiger partial charge in [0.15, 0.2) is 0 Å². The van der Waals surface area contributed by atoms with Gasteiger partial charge in [-0.2, -0.15) is 0 Å². The predicted octanol–water partition coefficient (Wildman–Crippen LogP) is 7.49. The van der Waals surface area contributed by atoms with Crippen LogP contribution in [-0.2, 0) is 0 Å². The molecule has 4 atom stereocenters. The summed E-state index contributed by atoms with van der Waals surface area (Å²) in [6.45, 7) is 9.76. The molecule has 0 spiro atoms. The van der Waals surface area contributed by atoms with E-state index in [1.807, 2.05) is 0 Å². The lowest BCUT2D eigenvalue weighted by Gasteiger charge is -2.56. The van der Waals surface area contributed by atoms with Crippen LogP contribution >= 0.6 is 0 Å². The van der Waals surface area contributed by atoms with Crippen molar-refractivity contribution < 1.29 is 0 Å². The summed E-state index contributed by atoms with van der Waals surface area (Å²) in [7, 11) is 0. The van der Waals surface area contributed by atoms with Crippen molar-refractivity contribution in [3.05, 3.63) is 0 Å². The normalized spacial score (nSPS) is 31.7. The second-order valence-corrected chi connectivity index (χ2v) is 9.34. The van der Waals surface area contributed by atoms with Crippen molar-refractivity contribution in [3.8, 4) is 0 Å². The van der Waals surface area contributed by atoms with Crippen LogP contribution in [-0.4, -0.2) is 11.6 Å². The van der Waals surface area contributed by atoms with Gasteiger partial charge < -0.3 is 5.32 Å². The monoisotopic (exact) mass is 349 g/mol. The van der Waals surface area contributed by atoms with E-state index in [1.54, 1.807) is 0 Å². The summed E-state index contributed by atoms with van der Waals surface area (Å²) in [5.74, 6) is 2.79. The van der Waals surface area contributed by atoms with Gasteiger partial charge in [-0.1, -0.05) is 98.3 Å². The molecule has 0 aromatic heterocycles. The summed E-state index contributed by atoms with van der Waals surface area (Å²) < 4.78 is 0. The molecule has 1 saturated carbocycles. The van der Waals surface area contributed by atoms with Crippen LogP contribution in [0.5, 0.6) is 0 Å².